The van der Waals surface area contributed by atoms with Crippen LogP contribution in [-0.4, -0.2) is 11.1 Å². The highest BCUT2D eigenvalue weighted by Gasteiger charge is 2.46. The molecular formula is C17H16O2. The normalized spacial score (nSPS) is 22.7. The zero-order valence-electron chi connectivity index (χ0n) is 10.6. The van der Waals surface area contributed by atoms with E-state index in [1.807, 2.05) is 60.7 Å². The molecule has 2 heteroatoms. The van der Waals surface area contributed by atoms with Crippen molar-refractivity contribution in [3.63, 3.8) is 0 Å². The average molecular weight is 252 g/mol. The minimum Gasteiger partial charge on any atom is -0.481 e. The number of hydrogen-bond donors (Lipinski definition) is 1. The second kappa shape index (κ2) is 4.88. The molecule has 0 spiro atoms. The van der Waals surface area contributed by atoms with Crippen LogP contribution in [0.15, 0.2) is 60.7 Å². The molecule has 0 aliphatic heterocycles. The number of rotatable bonds is 3. The third kappa shape index (κ3) is 2.14. The maximum Gasteiger partial charge on any atom is 0.307 e. The van der Waals surface area contributed by atoms with Gasteiger partial charge in [0, 0.05) is 0 Å². The Morgan fingerprint density at radius 3 is 1.63 bits per heavy atom. The summed E-state index contributed by atoms with van der Waals surface area (Å²) in [5.41, 5.74) is 2.28. The van der Waals surface area contributed by atoms with Crippen LogP contribution in [-0.2, 0) is 4.79 Å². The number of benzene rings is 2. The van der Waals surface area contributed by atoms with Gasteiger partial charge in [-0.15, -0.1) is 0 Å². The molecule has 1 aliphatic rings. The first-order valence-electron chi connectivity index (χ1n) is 6.60. The van der Waals surface area contributed by atoms with Gasteiger partial charge in [0.2, 0.25) is 0 Å². The topological polar surface area (TPSA) is 37.3 Å². The molecule has 1 N–H and O–H groups in total. The van der Waals surface area contributed by atoms with Crippen LogP contribution < -0.4 is 0 Å². The molecule has 2 aromatic rings. The molecule has 3 rings (SSSR count). The molecule has 1 saturated carbocycles. The first-order valence-corrected chi connectivity index (χ1v) is 6.60. The predicted molar refractivity (Wildman–Crippen MR) is 74.1 cm³/mol. The molecule has 19 heavy (non-hydrogen) atoms. The Hall–Kier alpha value is -2.09. The molecule has 0 saturated heterocycles. The fraction of sp³-hybridized carbons (Fsp3) is 0.235. The van der Waals surface area contributed by atoms with Crippen molar-refractivity contribution in [2.75, 3.05) is 0 Å². The van der Waals surface area contributed by atoms with Crippen LogP contribution >= 0.6 is 0 Å². The third-order valence-corrected chi connectivity index (χ3v) is 4.12. The van der Waals surface area contributed by atoms with Crippen molar-refractivity contribution in [1.82, 2.24) is 0 Å². The molecule has 0 radical (unpaired) electrons. The Balaban J connectivity index is 1.86. The molecule has 2 atom stereocenters. The van der Waals surface area contributed by atoms with Gasteiger partial charge in [0.05, 0.1) is 5.92 Å². The van der Waals surface area contributed by atoms with Crippen molar-refractivity contribution in [3.05, 3.63) is 71.8 Å². The summed E-state index contributed by atoms with van der Waals surface area (Å²) in [6.07, 6.45) is 0.922. The molecule has 2 nitrogen and oxygen atoms in total. The van der Waals surface area contributed by atoms with Gasteiger partial charge in [-0.3, -0.25) is 4.79 Å². The smallest absolute Gasteiger partial charge is 0.307 e. The molecule has 1 aliphatic carbocycles. The summed E-state index contributed by atoms with van der Waals surface area (Å²) in [6, 6.07) is 20.0. The summed E-state index contributed by atoms with van der Waals surface area (Å²) in [4.78, 5) is 11.5. The first-order chi connectivity index (χ1) is 9.27. The van der Waals surface area contributed by atoms with Crippen molar-refractivity contribution in [1.29, 1.82) is 0 Å². The molecule has 1 fully saturated rings. The molecule has 0 amide bonds. The molecular weight excluding hydrogens is 236 g/mol. The number of aliphatic carboxylic acids is 1. The summed E-state index contributed by atoms with van der Waals surface area (Å²) < 4.78 is 0. The van der Waals surface area contributed by atoms with E-state index in [4.69, 9.17) is 0 Å². The average Bonchev–Trinajstić information content (AvgIpc) is 2.39. The monoisotopic (exact) mass is 252 g/mol. The summed E-state index contributed by atoms with van der Waals surface area (Å²) in [5, 5.41) is 9.50. The SMILES string of the molecule is O=C(O)C1[C@@H](c2ccccc2)C[C@@H]1c1ccccc1. The fourth-order valence-corrected chi connectivity index (χ4v) is 3.08. The van der Waals surface area contributed by atoms with E-state index in [0.29, 0.717) is 0 Å². The van der Waals surface area contributed by atoms with Crippen molar-refractivity contribution >= 4 is 5.97 Å². The Kier molecular flexibility index (Phi) is 3.08. The van der Waals surface area contributed by atoms with E-state index in [1.165, 1.54) is 0 Å². The summed E-state index contributed by atoms with van der Waals surface area (Å²) >= 11 is 0. The van der Waals surface area contributed by atoms with Gasteiger partial charge in [0.15, 0.2) is 0 Å². The van der Waals surface area contributed by atoms with Crippen molar-refractivity contribution in [3.8, 4) is 0 Å². The summed E-state index contributed by atoms with van der Waals surface area (Å²) in [5.74, 6) is -0.702. The van der Waals surface area contributed by atoms with E-state index < -0.39 is 5.97 Å². The van der Waals surface area contributed by atoms with E-state index in [2.05, 4.69) is 0 Å². The van der Waals surface area contributed by atoms with E-state index in [0.717, 1.165) is 17.5 Å². The number of carboxylic acids is 1. The van der Waals surface area contributed by atoms with Gasteiger partial charge < -0.3 is 5.11 Å². The minimum atomic E-state index is -0.686. The molecule has 96 valence electrons. The van der Waals surface area contributed by atoms with Crippen LogP contribution in [0.1, 0.15) is 29.4 Å². The number of hydrogen-bond acceptors (Lipinski definition) is 1. The molecule has 0 bridgehead atoms. The van der Waals surface area contributed by atoms with E-state index in [9.17, 15) is 9.90 Å². The van der Waals surface area contributed by atoms with Gasteiger partial charge in [-0.25, -0.2) is 0 Å². The van der Waals surface area contributed by atoms with Crippen molar-refractivity contribution in [2.45, 2.75) is 18.3 Å². The van der Waals surface area contributed by atoms with Gasteiger partial charge in [-0.05, 0) is 29.4 Å². The largest absolute Gasteiger partial charge is 0.481 e. The Bertz CT molecular complexity index is 517. The lowest BCUT2D eigenvalue weighted by atomic mass is 9.60. The third-order valence-electron chi connectivity index (χ3n) is 4.12. The van der Waals surface area contributed by atoms with E-state index in [1.54, 1.807) is 0 Å². The van der Waals surface area contributed by atoms with Crippen LogP contribution in [0.4, 0.5) is 0 Å². The lowest BCUT2D eigenvalue weighted by Gasteiger charge is -2.42. The highest BCUT2D eigenvalue weighted by molar-refractivity contribution is 5.74. The highest BCUT2D eigenvalue weighted by atomic mass is 16.4. The second-order valence-corrected chi connectivity index (χ2v) is 5.13. The molecule has 0 unspecified atom stereocenters. The van der Waals surface area contributed by atoms with Crippen molar-refractivity contribution < 1.29 is 9.90 Å². The zero-order valence-corrected chi connectivity index (χ0v) is 10.6. The molecule has 2 aromatic carbocycles. The van der Waals surface area contributed by atoms with Gasteiger partial charge in [-0.2, -0.15) is 0 Å². The number of carbonyl (C=O) groups is 1. The predicted octanol–water partition coefficient (Wildman–Crippen LogP) is 3.66. The Morgan fingerprint density at radius 1 is 0.842 bits per heavy atom. The fourth-order valence-electron chi connectivity index (χ4n) is 3.08. The Morgan fingerprint density at radius 2 is 1.26 bits per heavy atom. The summed E-state index contributed by atoms with van der Waals surface area (Å²) in [7, 11) is 0. The van der Waals surface area contributed by atoms with Gasteiger partial charge in [-0.1, -0.05) is 60.7 Å². The number of carboxylic acid groups (broad SMARTS) is 1. The minimum absolute atomic E-state index is 0.143. The molecule has 0 aromatic heterocycles. The van der Waals surface area contributed by atoms with E-state index >= 15 is 0 Å². The van der Waals surface area contributed by atoms with Crippen LogP contribution in [0, 0.1) is 5.92 Å². The maximum atomic E-state index is 11.5. The van der Waals surface area contributed by atoms with Crippen LogP contribution in [0.2, 0.25) is 0 Å². The van der Waals surface area contributed by atoms with Crippen LogP contribution in [0.5, 0.6) is 0 Å². The second-order valence-electron chi connectivity index (χ2n) is 5.13. The first kappa shape index (κ1) is 12.0. The maximum absolute atomic E-state index is 11.5. The molecule has 0 heterocycles. The summed E-state index contributed by atoms with van der Waals surface area (Å²) in [6.45, 7) is 0. The zero-order chi connectivity index (χ0) is 13.2. The van der Waals surface area contributed by atoms with Gasteiger partial charge in [0.1, 0.15) is 0 Å². The quantitative estimate of drug-likeness (QED) is 0.905. The van der Waals surface area contributed by atoms with Crippen molar-refractivity contribution in [2.24, 2.45) is 5.92 Å². The van der Waals surface area contributed by atoms with Crippen LogP contribution in [0.25, 0.3) is 0 Å². The highest BCUT2D eigenvalue weighted by Crippen LogP contribution is 2.52. The van der Waals surface area contributed by atoms with Gasteiger partial charge in [0.25, 0.3) is 0 Å². The lowest BCUT2D eigenvalue weighted by molar-refractivity contribution is -0.146. The van der Waals surface area contributed by atoms with Gasteiger partial charge >= 0.3 is 5.97 Å². The van der Waals surface area contributed by atoms with E-state index in [-0.39, 0.29) is 17.8 Å². The standard InChI is InChI=1S/C17H16O2/c18-17(19)16-14(12-7-3-1-4-8-12)11-15(16)13-9-5-2-6-10-13/h1-10,14-16H,11H2,(H,18,19)/t14-,15-/m1/s1. The lowest BCUT2D eigenvalue weighted by Crippen LogP contribution is -2.38. The van der Waals surface area contributed by atoms with Crippen LogP contribution in [0.3, 0.4) is 0 Å². The Labute approximate surface area is 112 Å².